The summed E-state index contributed by atoms with van der Waals surface area (Å²) in [5.74, 6) is 0. The van der Waals surface area contributed by atoms with Crippen LogP contribution in [0, 0.1) is 6.92 Å². The molecule has 122 valence electrons. The Kier molecular flexibility index (Phi) is 4.80. The van der Waals surface area contributed by atoms with Gasteiger partial charge < -0.3 is 4.74 Å². The first kappa shape index (κ1) is 16.2. The first-order valence-electron chi connectivity index (χ1n) is 7.77. The summed E-state index contributed by atoms with van der Waals surface area (Å²) in [6.07, 6.45) is 0.659. The summed E-state index contributed by atoms with van der Waals surface area (Å²) in [5.41, 5.74) is 2.17. The summed E-state index contributed by atoms with van der Waals surface area (Å²) >= 11 is 0. The minimum absolute atomic E-state index is 0.169. The highest BCUT2D eigenvalue weighted by Gasteiger charge is 2.34. The Labute approximate surface area is 137 Å². The maximum Gasteiger partial charge on any atom is 0.243 e. The fourth-order valence-electron chi connectivity index (χ4n) is 2.85. The van der Waals surface area contributed by atoms with Crippen LogP contribution in [0.25, 0.3) is 0 Å². The maximum absolute atomic E-state index is 13.0. The van der Waals surface area contributed by atoms with Gasteiger partial charge in [0.2, 0.25) is 10.0 Å². The van der Waals surface area contributed by atoms with Crippen LogP contribution >= 0.6 is 0 Å². The van der Waals surface area contributed by atoms with Gasteiger partial charge in [-0.2, -0.15) is 4.31 Å². The van der Waals surface area contributed by atoms with Crippen molar-refractivity contribution in [1.82, 2.24) is 4.31 Å². The van der Waals surface area contributed by atoms with Crippen molar-refractivity contribution in [3.05, 3.63) is 65.7 Å². The van der Waals surface area contributed by atoms with Gasteiger partial charge in [0.05, 0.1) is 24.2 Å². The molecule has 1 fully saturated rings. The van der Waals surface area contributed by atoms with Gasteiger partial charge >= 0.3 is 0 Å². The lowest BCUT2D eigenvalue weighted by Gasteiger charge is -2.34. The van der Waals surface area contributed by atoms with E-state index < -0.39 is 10.0 Å². The van der Waals surface area contributed by atoms with Crippen LogP contribution in [-0.2, 0) is 21.2 Å². The second kappa shape index (κ2) is 6.83. The molecule has 0 unspecified atom stereocenters. The van der Waals surface area contributed by atoms with Gasteiger partial charge in [0, 0.05) is 6.54 Å². The average Bonchev–Trinajstić information content (AvgIpc) is 2.56. The van der Waals surface area contributed by atoms with E-state index in [4.69, 9.17) is 4.74 Å². The summed E-state index contributed by atoms with van der Waals surface area (Å²) in [6.45, 7) is 3.22. The number of hydrogen-bond acceptors (Lipinski definition) is 3. The molecular formula is C18H21NO3S. The molecule has 4 nitrogen and oxygen atoms in total. The van der Waals surface area contributed by atoms with E-state index in [-0.39, 0.29) is 6.04 Å². The topological polar surface area (TPSA) is 46.6 Å². The molecule has 0 saturated carbocycles. The fourth-order valence-corrected chi connectivity index (χ4v) is 4.44. The number of nitrogens with zero attached hydrogens (tertiary/aromatic N) is 1. The van der Waals surface area contributed by atoms with Gasteiger partial charge in [0.15, 0.2) is 0 Å². The predicted molar refractivity (Wildman–Crippen MR) is 89.8 cm³/mol. The zero-order valence-corrected chi connectivity index (χ0v) is 14.0. The minimum Gasteiger partial charge on any atom is -0.378 e. The van der Waals surface area contributed by atoms with E-state index in [2.05, 4.69) is 0 Å². The highest BCUT2D eigenvalue weighted by Crippen LogP contribution is 2.23. The van der Waals surface area contributed by atoms with Crippen LogP contribution in [0.4, 0.5) is 0 Å². The summed E-state index contributed by atoms with van der Waals surface area (Å²) in [7, 11) is -3.49. The molecule has 2 aromatic carbocycles. The highest BCUT2D eigenvalue weighted by atomic mass is 32.2. The van der Waals surface area contributed by atoms with Gasteiger partial charge in [-0.1, -0.05) is 48.0 Å². The van der Waals surface area contributed by atoms with Crippen molar-refractivity contribution in [2.45, 2.75) is 24.3 Å². The van der Waals surface area contributed by atoms with Crippen molar-refractivity contribution in [3.63, 3.8) is 0 Å². The Hall–Kier alpha value is -1.69. The number of sulfonamides is 1. The van der Waals surface area contributed by atoms with Crippen molar-refractivity contribution < 1.29 is 13.2 Å². The molecule has 23 heavy (non-hydrogen) atoms. The lowest BCUT2D eigenvalue weighted by Crippen LogP contribution is -2.49. The largest absolute Gasteiger partial charge is 0.378 e. The van der Waals surface area contributed by atoms with Crippen LogP contribution in [-0.4, -0.2) is 38.5 Å². The van der Waals surface area contributed by atoms with Gasteiger partial charge in [0.1, 0.15) is 0 Å². The summed E-state index contributed by atoms with van der Waals surface area (Å²) in [4.78, 5) is 0.350. The minimum atomic E-state index is -3.49. The molecule has 1 saturated heterocycles. The standard InChI is InChI=1S/C18H21NO3S/c1-15-7-9-18(10-8-15)23(20,21)19-11-12-22-14-17(19)13-16-5-3-2-4-6-16/h2-10,17H,11-14H2,1H3/t17-/m1/s1. The third kappa shape index (κ3) is 3.63. The molecule has 1 atom stereocenters. The van der Waals surface area contributed by atoms with Crippen LogP contribution in [0.1, 0.15) is 11.1 Å². The SMILES string of the molecule is Cc1ccc(S(=O)(=O)N2CCOC[C@H]2Cc2ccccc2)cc1. The van der Waals surface area contributed by atoms with E-state index in [0.717, 1.165) is 11.1 Å². The third-order valence-corrected chi connectivity index (χ3v) is 6.08. The molecule has 0 radical (unpaired) electrons. The van der Waals surface area contributed by atoms with Gasteiger partial charge in [-0.25, -0.2) is 8.42 Å². The number of aryl methyl sites for hydroxylation is 1. The van der Waals surface area contributed by atoms with Gasteiger partial charge in [0.25, 0.3) is 0 Å². The first-order chi connectivity index (χ1) is 11.1. The van der Waals surface area contributed by atoms with Crippen LogP contribution < -0.4 is 0 Å². The third-order valence-electron chi connectivity index (χ3n) is 4.12. The highest BCUT2D eigenvalue weighted by molar-refractivity contribution is 7.89. The van der Waals surface area contributed by atoms with E-state index in [9.17, 15) is 8.42 Å². The molecule has 0 aromatic heterocycles. The average molecular weight is 331 g/mol. The molecule has 1 aliphatic rings. The Morgan fingerprint density at radius 1 is 1.09 bits per heavy atom. The smallest absolute Gasteiger partial charge is 0.243 e. The molecule has 0 N–H and O–H groups in total. The first-order valence-corrected chi connectivity index (χ1v) is 9.21. The Balaban J connectivity index is 1.87. The van der Waals surface area contributed by atoms with E-state index in [1.54, 1.807) is 16.4 Å². The van der Waals surface area contributed by atoms with Crippen LogP contribution in [0.15, 0.2) is 59.5 Å². The fraction of sp³-hybridized carbons (Fsp3) is 0.333. The normalized spacial score (nSPS) is 19.6. The van der Waals surface area contributed by atoms with E-state index in [0.29, 0.717) is 31.1 Å². The number of rotatable bonds is 4. The molecule has 2 aromatic rings. The lowest BCUT2D eigenvalue weighted by atomic mass is 10.1. The van der Waals surface area contributed by atoms with Gasteiger partial charge in [-0.15, -0.1) is 0 Å². The maximum atomic E-state index is 13.0. The summed E-state index contributed by atoms with van der Waals surface area (Å²) in [5, 5.41) is 0. The predicted octanol–water partition coefficient (Wildman–Crippen LogP) is 2.63. The zero-order valence-electron chi connectivity index (χ0n) is 13.2. The monoisotopic (exact) mass is 331 g/mol. The van der Waals surface area contributed by atoms with E-state index >= 15 is 0 Å². The molecule has 3 rings (SSSR count). The van der Waals surface area contributed by atoms with Crippen LogP contribution in [0.5, 0.6) is 0 Å². The van der Waals surface area contributed by atoms with Crippen molar-refractivity contribution in [3.8, 4) is 0 Å². The Morgan fingerprint density at radius 2 is 1.78 bits per heavy atom. The molecule has 5 heteroatoms. The molecule has 0 aliphatic carbocycles. The molecule has 1 aliphatic heterocycles. The number of hydrogen-bond donors (Lipinski definition) is 0. The van der Waals surface area contributed by atoms with Crippen LogP contribution in [0.2, 0.25) is 0 Å². The Bertz CT molecular complexity index is 742. The second-order valence-corrected chi connectivity index (χ2v) is 7.74. The van der Waals surface area contributed by atoms with Crippen molar-refractivity contribution in [2.75, 3.05) is 19.8 Å². The van der Waals surface area contributed by atoms with Crippen LogP contribution in [0.3, 0.4) is 0 Å². The summed E-state index contributed by atoms with van der Waals surface area (Å²) in [6, 6.07) is 16.8. The summed E-state index contributed by atoms with van der Waals surface area (Å²) < 4.78 is 33.1. The number of benzene rings is 2. The van der Waals surface area contributed by atoms with E-state index in [1.807, 2.05) is 49.4 Å². The van der Waals surface area contributed by atoms with Crippen molar-refractivity contribution in [2.24, 2.45) is 0 Å². The second-order valence-electron chi connectivity index (χ2n) is 5.85. The Morgan fingerprint density at radius 3 is 2.48 bits per heavy atom. The molecular weight excluding hydrogens is 310 g/mol. The number of ether oxygens (including phenoxy) is 1. The van der Waals surface area contributed by atoms with Gasteiger partial charge in [-0.3, -0.25) is 0 Å². The van der Waals surface area contributed by atoms with Crippen molar-refractivity contribution in [1.29, 1.82) is 0 Å². The molecule has 0 bridgehead atoms. The van der Waals surface area contributed by atoms with E-state index in [1.165, 1.54) is 0 Å². The quantitative estimate of drug-likeness (QED) is 0.865. The molecule has 0 amide bonds. The zero-order chi connectivity index (χ0) is 16.3. The molecule has 1 heterocycles. The molecule has 0 spiro atoms. The van der Waals surface area contributed by atoms with Gasteiger partial charge in [-0.05, 0) is 31.0 Å². The number of morpholine rings is 1. The van der Waals surface area contributed by atoms with Crippen molar-refractivity contribution >= 4 is 10.0 Å². The lowest BCUT2D eigenvalue weighted by molar-refractivity contribution is 0.0328.